The monoisotopic (exact) mass is 483 g/mol. The van der Waals surface area contributed by atoms with Crippen LogP contribution in [0.25, 0.3) is 0 Å². The van der Waals surface area contributed by atoms with Crippen molar-refractivity contribution in [2.45, 2.75) is 38.7 Å². The lowest BCUT2D eigenvalue weighted by Crippen LogP contribution is -2.55. The summed E-state index contributed by atoms with van der Waals surface area (Å²) in [4.78, 5) is 36.7. The summed E-state index contributed by atoms with van der Waals surface area (Å²) in [6, 6.07) is 14.6. The van der Waals surface area contributed by atoms with Gasteiger partial charge >= 0.3 is 11.9 Å². The van der Waals surface area contributed by atoms with Crippen molar-refractivity contribution in [1.29, 1.82) is 0 Å². The topological polar surface area (TPSA) is 140 Å². The Morgan fingerprint density at radius 2 is 1.69 bits per heavy atom. The second kappa shape index (κ2) is 11.1. The summed E-state index contributed by atoms with van der Waals surface area (Å²) in [5.74, 6) is -4.00. The molecule has 2 N–H and O–H groups in total. The van der Waals surface area contributed by atoms with Crippen LogP contribution in [0.1, 0.15) is 38.7 Å². The summed E-state index contributed by atoms with van der Waals surface area (Å²) in [5, 5.41) is 26.7. The Labute approximate surface area is 203 Å². The van der Waals surface area contributed by atoms with Crippen LogP contribution in [0.15, 0.2) is 59.7 Å². The van der Waals surface area contributed by atoms with Crippen molar-refractivity contribution in [2.24, 2.45) is 16.9 Å². The maximum absolute atomic E-state index is 13.2. The first-order chi connectivity index (χ1) is 16.7. The number of aliphatic hydroxyl groups is 1. The van der Waals surface area contributed by atoms with E-state index < -0.39 is 40.2 Å². The van der Waals surface area contributed by atoms with Gasteiger partial charge in [0.1, 0.15) is 5.92 Å². The molecule has 0 saturated heterocycles. The van der Waals surface area contributed by atoms with Crippen LogP contribution in [0.5, 0.6) is 0 Å². The highest BCUT2D eigenvalue weighted by atomic mass is 16.6. The number of benzene rings is 2. The van der Waals surface area contributed by atoms with Crippen molar-refractivity contribution >= 4 is 29.0 Å². The molecule has 10 nitrogen and oxygen atoms in total. The van der Waals surface area contributed by atoms with E-state index in [9.17, 15) is 24.8 Å². The largest absolute Gasteiger partial charge is 0.466 e. The number of hydrogen-bond acceptors (Lipinski definition) is 9. The Morgan fingerprint density at radius 1 is 1.09 bits per heavy atom. The third-order valence-corrected chi connectivity index (χ3v) is 5.96. The van der Waals surface area contributed by atoms with Crippen LogP contribution in [0.4, 0.5) is 11.4 Å². The third kappa shape index (κ3) is 5.83. The van der Waals surface area contributed by atoms with E-state index >= 15 is 0 Å². The smallest absolute Gasteiger partial charge is 0.315 e. The standard InChI is InChI=1S/C25H29N3O7/c1-4-34-23(29)21-19(27-26-17-11-13-18(14-12-17)28(32)33)15-25(3,31)22(24(30)35-5-2)20(21)16-9-7-6-8-10-16/h6-14,20-22,26,31H,4-5,15H2,1-3H3/t20-,21-,22+,25-/m0/s1. The number of nitro benzene ring substituents is 1. The molecular formula is C25H29N3O7. The molecule has 2 aromatic rings. The molecule has 10 heteroatoms. The zero-order chi connectivity index (χ0) is 25.6. The summed E-state index contributed by atoms with van der Waals surface area (Å²) >= 11 is 0. The van der Waals surface area contributed by atoms with E-state index in [1.807, 2.05) is 6.07 Å². The molecule has 0 bridgehead atoms. The fourth-order valence-electron chi connectivity index (χ4n) is 4.48. The lowest BCUT2D eigenvalue weighted by molar-refractivity contribution is -0.384. The molecule has 0 aliphatic heterocycles. The fraction of sp³-hybridized carbons (Fsp3) is 0.400. The van der Waals surface area contributed by atoms with Gasteiger partial charge in [0, 0.05) is 24.5 Å². The number of non-ortho nitro benzene ring substituents is 1. The first kappa shape index (κ1) is 25.8. The van der Waals surface area contributed by atoms with Crippen LogP contribution in [0, 0.1) is 22.0 Å². The Balaban J connectivity index is 2.09. The molecule has 0 radical (unpaired) electrons. The van der Waals surface area contributed by atoms with Gasteiger partial charge in [-0.1, -0.05) is 30.3 Å². The molecule has 1 aliphatic carbocycles. The lowest BCUT2D eigenvalue weighted by atomic mass is 9.61. The molecule has 3 rings (SSSR count). The van der Waals surface area contributed by atoms with Crippen molar-refractivity contribution in [2.75, 3.05) is 18.6 Å². The normalized spacial score (nSPS) is 25.0. The number of hydrogen-bond donors (Lipinski definition) is 2. The number of nitrogens with one attached hydrogen (secondary N) is 1. The van der Waals surface area contributed by atoms with Gasteiger partial charge in [0.2, 0.25) is 0 Å². The lowest BCUT2D eigenvalue weighted by Gasteiger charge is -2.45. The number of hydrazone groups is 1. The van der Waals surface area contributed by atoms with E-state index in [2.05, 4.69) is 10.5 Å². The molecule has 0 spiro atoms. The van der Waals surface area contributed by atoms with Gasteiger partial charge in [-0.15, -0.1) is 0 Å². The maximum atomic E-state index is 13.2. The Morgan fingerprint density at radius 3 is 2.26 bits per heavy atom. The number of nitrogens with zero attached hydrogens (tertiary/aromatic N) is 2. The molecular weight excluding hydrogens is 454 g/mol. The van der Waals surface area contributed by atoms with E-state index in [4.69, 9.17) is 9.47 Å². The number of rotatable bonds is 8. The quantitative estimate of drug-likeness (QED) is 0.329. The van der Waals surface area contributed by atoms with E-state index in [1.165, 1.54) is 31.2 Å². The molecule has 35 heavy (non-hydrogen) atoms. The number of esters is 2. The number of nitro groups is 1. The van der Waals surface area contributed by atoms with Gasteiger partial charge in [-0.2, -0.15) is 5.10 Å². The van der Waals surface area contributed by atoms with Gasteiger partial charge in [0.15, 0.2) is 0 Å². The molecule has 186 valence electrons. The SMILES string of the molecule is CCOC(=O)[C@H]1C(=NNc2ccc([N+](=O)[O-])cc2)C[C@](C)(O)[C@@H](C(=O)OCC)[C@H]1c1ccccc1. The molecule has 0 unspecified atom stereocenters. The van der Waals surface area contributed by atoms with Crippen molar-refractivity contribution in [1.82, 2.24) is 0 Å². The van der Waals surface area contributed by atoms with Gasteiger partial charge in [-0.3, -0.25) is 25.1 Å². The summed E-state index contributed by atoms with van der Waals surface area (Å²) in [7, 11) is 0. The molecule has 0 heterocycles. The summed E-state index contributed by atoms with van der Waals surface area (Å²) in [6.45, 7) is 5.13. The van der Waals surface area contributed by atoms with Crippen molar-refractivity contribution in [3.8, 4) is 0 Å². The minimum Gasteiger partial charge on any atom is -0.466 e. The van der Waals surface area contributed by atoms with Crippen LogP contribution >= 0.6 is 0 Å². The van der Waals surface area contributed by atoms with E-state index in [0.717, 1.165) is 0 Å². The number of carbonyl (C=O) groups is 2. The maximum Gasteiger partial charge on any atom is 0.315 e. The summed E-state index contributed by atoms with van der Waals surface area (Å²) in [5.41, 5.74) is 2.57. The second-order valence-corrected chi connectivity index (χ2v) is 8.45. The predicted octanol–water partition coefficient (Wildman–Crippen LogP) is 3.66. The van der Waals surface area contributed by atoms with Gasteiger partial charge < -0.3 is 14.6 Å². The van der Waals surface area contributed by atoms with Gasteiger partial charge in [-0.05, 0) is 38.5 Å². The molecule has 2 aromatic carbocycles. The molecule has 1 aliphatic rings. The van der Waals surface area contributed by atoms with Crippen LogP contribution < -0.4 is 5.43 Å². The van der Waals surface area contributed by atoms with Crippen LogP contribution in [-0.4, -0.2) is 46.5 Å². The average molecular weight is 484 g/mol. The molecule has 0 aromatic heterocycles. The summed E-state index contributed by atoms with van der Waals surface area (Å²) in [6.07, 6.45) is -0.0940. The summed E-state index contributed by atoms with van der Waals surface area (Å²) < 4.78 is 10.6. The molecule has 1 saturated carbocycles. The second-order valence-electron chi connectivity index (χ2n) is 8.45. The highest BCUT2D eigenvalue weighted by Gasteiger charge is 2.56. The molecule has 4 atom stereocenters. The Kier molecular flexibility index (Phi) is 8.18. The number of carbonyl (C=O) groups excluding carboxylic acids is 2. The molecule has 0 amide bonds. The van der Waals surface area contributed by atoms with Crippen molar-refractivity contribution < 1.29 is 29.1 Å². The average Bonchev–Trinajstić information content (AvgIpc) is 2.82. The first-order valence-electron chi connectivity index (χ1n) is 11.4. The fourth-order valence-corrected chi connectivity index (χ4v) is 4.48. The first-order valence-corrected chi connectivity index (χ1v) is 11.4. The van der Waals surface area contributed by atoms with Crippen molar-refractivity contribution in [3.63, 3.8) is 0 Å². The third-order valence-electron chi connectivity index (χ3n) is 5.96. The van der Waals surface area contributed by atoms with E-state index in [0.29, 0.717) is 17.0 Å². The minimum absolute atomic E-state index is 0.0744. The highest BCUT2D eigenvalue weighted by Crippen LogP contribution is 2.47. The van der Waals surface area contributed by atoms with E-state index in [1.54, 1.807) is 38.1 Å². The van der Waals surface area contributed by atoms with Crippen LogP contribution in [-0.2, 0) is 19.1 Å². The zero-order valence-corrected chi connectivity index (χ0v) is 19.8. The predicted molar refractivity (Wildman–Crippen MR) is 129 cm³/mol. The zero-order valence-electron chi connectivity index (χ0n) is 19.8. The number of ether oxygens (including phenoxy) is 2. The van der Waals surface area contributed by atoms with Crippen LogP contribution in [0.2, 0.25) is 0 Å². The highest BCUT2D eigenvalue weighted by molar-refractivity contribution is 6.06. The number of anilines is 1. The van der Waals surface area contributed by atoms with Crippen LogP contribution in [0.3, 0.4) is 0 Å². The molecule has 1 fully saturated rings. The Bertz CT molecular complexity index is 1080. The Hall–Kier alpha value is -3.79. The van der Waals surface area contributed by atoms with Gasteiger partial charge in [-0.25, -0.2) is 0 Å². The van der Waals surface area contributed by atoms with Crippen molar-refractivity contribution in [3.05, 3.63) is 70.3 Å². The minimum atomic E-state index is -1.58. The van der Waals surface area contributed by atoms with Gasteiger partial charge in [0.25, 0.3) is 5.69 Å². The van der Waals surface area contributed by atoms with E-state index in [-0.39, 0.29) is 25.3 Å². The van der Waals surface area contributed by atoms with Gasteiger partial charge in [0.05, 0.1) is 41.1 Å².